The maximum atomic E-state index is 10.9. The number of rotatable bonds is 5. The highest BCUT2D eigenvalue weighted by Gasteiger charge is 2.04. The molecule has 0 amide bonds. The zero-order valence-corrected chi connectivity index (χ0v) is 13.0. The van der Waals surface area contributed by atoms with Crippen molar-refractivity contribution in [2.75, 3.05) is 10.6 Å². The van der Waals surface area contributed by atoms with E-state index in [1.807, 2.05) is 0 Å². The van der Waals surface area contributed by atoms with Crippen LogP contribution in [0.5, 0.6) is 0 Å². The molecule has 0 radical (unpaired) electrons. The van der Waals surface area contributed by atoms with Gasteiger partial charge in [0, 0.05) is 17.4 Å². The molecule has 2 aromatic carbocycles. The summed E-state index contributed by atoms with van der Waals surface area (Å²) in [6.45, 7) is 0. The van der Waals surface area contributed by atoms with Gasteiger partial charge in [0.2, 0.25) is 0 Å². The minimum atomic E-state index is -0.970. The summed E-state index contributed by atoms with van der Waals surface area (Å²) in [4.78, 5) is 19.2. The lowest BCUT2D eigenvalue weighted by Gasteiger charge is -2.09. The molecule has 0 aliphatic carbocycles. The van der Waals surface area contributed by atoms with Gasteiger partial charge in [-0.25, -0.2) is 14.8 Å². The number of aromatic nitrogens is 2. The Hall–Kier alpha value is -3.92. The number of carboxylic acids is 1. The SMILES string of the molecule is N#Cc1ccc(Nc2cc(Nc3ccc(C(=O)O)cc3)ncn2)cc1. The molecule has 3 rings (SSSR count). The quantitative estimate of drug-likeness (QED) is 0.655. The molecule has 0 fully saturated rings. The van der Waals surface area contributed by atoms with Gasteiger partial charge in [0.1, 0.15) is 18.0 Å². The number of benzene rings is 2. The van der Waals surface area contributed by atoms with E-state index < -0.39 is 5.97 Å². The molecular weight excluding hydrogens is 318 g/mol. The molecule has 25 heavy (non-hydrogen) atoms. The molecule has 0 atom stereocenters. The molecule has 122 valence electrons. The Labute approximate surface area is 143 Å². The van der Waals surface area contributed by atoms with E-state index in [9.17, 15) is 4.79 Å². The maximum absolute atomic E-state index is 10.9. The summed E-state index contributed by atoms with van der Waals surface area (Å²) in [5, 5.41) is 23.9. The molecule has 0 unspecified atom stereocenters. The molecular formula is C18H13N5O2. The maximum Gasteiger partial charge on any atom is 0.335 e. The average Bonchev–Trinajstić information content (AvgIpc) is 2.63. The highest BCUT2D eigenvalue weighted by atomic mass is 16.4. The number of carbonyl (C=O) groups is 1. The van der Waals surface area contributed by atoms with Gasteiger partial charge in [-0.2, -0.15) is 5.26 Å². The van der Waals surface area contributed by atoms with E-state index in [4.69, 9.17) is 10.4 Å². The van der Waals surface area contributed by atoms with E-state index in [0.717, 1.165) is 5.69 Å². The number of hydrogen-bond acceptors (Lipinski definition) is 6. The number of aromatic carboxylic acids is 1. The van der Waals surface area contributed by atoms with Crippen LogP contribution in [0.15, 0.2) is 60.9 Å². The Balaban J connectivity index is 1.72. The smallest absolute Gasteiger partial charge is 0.335 e. The van der Waals surface area contributed by atoms with Gasteiger partial charge in [-0.15, -0.1) is 0 Å². The Morgan fingerprint density at radius 2 is 1.44 bits per heavy atom. The largest absolute Gasteiger partial charge is 0.478 e. The molecule has 0 aliphatic rings. The number of carboxylic acid groups (broad SMARTS) is 1. The Bertz CT molecular complexity index is 931. The predicted octanol–water partition coefficient (Wildman–Crippen LogP) is 3.53. The number of nitrogens with one attached hydrogen (secondary N) is 2. The average molecular weight is 331 g/mol. The zero-order valence-electron chi connectivity index (χ0n) is 13.0. The zero-order chi connectivity index (χ0) is 17.6. The van der Waals surface area contributed by atoms with Crippen molar-refractivity contribution in [1.29, 1.82) is 5.26 Å². The predicted molar refractivity (Wildman–Crippen MR) is 93.2 cm³/mol. The van der Waals surface area contributed by atoms with Crippen LogP contribution in [0, 0.1) is 11.3 Å². The Morgan fingerprint density at radius 3 is 1.92 bits per heavy atom. The van der Waals surface area contributed by atoms with Gasteiger partial charge in [-0.3, -0.25) is 0 Å². The first-order valence-corrected chi connectivity index (χ1v) is 7.34. The minimum Gasteiger partial charge on any atom is -0.478 e. The molecule has 0 saturated carbocycles. The van der Waals surface area contributed by atoms with Crippen LogP contribution < -0.4 is 10.6 Å². The summed E-state index contributed by atoms with van der Waals surface area (Å²) in [6, 6.07) is 17.2. The van der Waals surface area contributed by atoms with Crippen molar-refractivity contribution in [3.63, 3.8) is 0 Å². The van der Waals surface area contributed by atoms with Crippen LogP contribution in [-0.2, 0) is 0 Å². The topological polar surface area (TPSA) is 111 Å². The molecule has 0 aliphatic heterocycles. The van der Waals surface area contributed by atoms with Crippen molar-refractivity contribution in [3.8, 4) is 6.07 Å². The van der Waals surface area contributed by atoms with Gasteiger partial charge in [0.25, 0.3) is 0 Å². The standard InChI is InChI=1S/C18H13N5O2/c19-10-12-1-5-14(6-2-12)22-16-9-17(21-11-20-16)23-15-7-3-13(4-8-15)18(24)25/h1-9,11H,(H,24,25)(H2,20,21,22,23). The third-order valence-electron chi connectivity index (χ3n) is 3.36. The van der Waals surface area contributed by atoms with E-state index in [1.54, 1.807) is 42.5 Å². The van der Waals surface area contributed by atoms with Crippen LogP contribution in [0.3, 0.4) is 0 Å². The van der Waals surface area contributed by atoms with Crippen LogP contribution in [0.2, 0.25) is 0 Å². The lowest BCUT2D eigenvalue weighted by molar-refractivity contribution is 0.0697. The molecule has 0 bridgehead atoms. The Kier molecular flexibility index (Phi) is 4.53. The van der Waals surface area contributed by atoms with Crippen molar-refractivity contribution in [2.24, 2.45) is 0 Å². The molecule has 0 saturated heterocycles. The number of hydrogen-bond donors (Lipinski definition) is 3. The molecule has 1 aromatic heterocycles. The fourth-order valence-corrected chi connectivity index (χ4v) is 2.11. The van der Waals surface area contributed by atoms with Crippen LogP contribution in [0.4, 0.5) is 23.0 Å². The summed E-state index contributed by atoms with van der Waals surface area (Å²) >= 11 is 0. The molecule has 0 spiro atoms. The number of nitriles is 1. The highest BCUT2D eigenvalue weighted by Crippen LogP contribution is 2.20. The summed E-state index contributed by atoms with van der Waals surface area (Å²) in [6.07, 6.45) is 1.42. The second kappa shape index (κ2) is 7.10. The summed E-state index contributed by atoms with van der Waals surface area (Å²) in [7, 11) is 0. The lowest BCUT2D eigenvalue weighted by Crippen LogP contribution is -1.99. The minimum absolute atomic E-state index is 0.219. The van der Waals surface area contributed by atoms with Gasteiger partial charge < -0.3 is 15.7 Å². The van der Waals surface area contributed by atoms with Gasteiger partial charge in [0.05, 0.1) is 17.2 Å². The van der Waals surface area contributed by atoms with E-state index in [2.05, 4.69) is 26.7 Å². The first-order chi connectivity index (χ1) is 12.1. The van der Waals surface area contributed by atoms with Crippen LogP contribution in [0.25, 0.3) is 0 Å². The van der Waals surface area contributed by atoms with Crippen LogP contribution in [0.1, 0.15) is 15.9 Å². The van der Waals surface area contributed by atoms with Crippen molar-refractivity contribution in [3.05, 3.63) is 72.1 Å². The fraction of sp³-hybridized carbons (Fsp3) is 0. The van der Waals surface area contributed by atoms with Crippen LogP contribution >= 0.6 is 0 Å². The molecule has 7 heteroatoms. The second-order valence-electron chi connectivity index (χ2n) is 5.11. The first kappa shape index (κ1) is 16.0. The van der Waals surface area contributed by atoms with E-state index >= 15 is 0 Å². The van der Waals surface area contributed by atoms with Crippen molar-refractivity contribution in [1.82, 2.24) is 9.97 Å². The normalized spacial score (nSPS) is 9.88. The fourth-order valence-electron chi connectivity index (χ4n) is 2.11. The summed E-state index contributed by atoms with van der Waals surface area (Å²) in [5.41, 5.74) is 2.32. The van der Waals surface area contributed by atoms with Gasteiger partial charge in [-0.05, 0) is 48.5 Å². The first-order valence-electron chi connectivity index (χ1n) is 7.34. The molecule has 1 heterocycles. The number of anilines is 4. The van der Waals surface area contributed by atoms with Gasteiger partial charge in [0.15, 0.2) is 0 Å². The van der Waals surface area contributed by atoms with Crippen molar-refractivity contribution < 1.29 is 9.90 Å². The third-order valence-corrected chi connectivity index (χ3v) is 3.36. The van der Waals surface area contributed by atoms with Gasteiger partial charge >= 0.3 is 5.97 Å². The summed E-state index contributed by atoms with van der Waals surface area (Å²) in [5.74, 6) is 0.182. The molecule has 3 aromatic rings. The molecule has 7 nitrogen and oxygen atoms in total. The van der Waals surface area contributed by atoms with Crippen molar-refractivity contribution in [2.45, 2.75) is 0 Å². The monoisotopic (exact) mass is 331 g/mol. The van der Waals surface area contributed by atoms with Crippen molar-refractivity contribution >= 4 is 29.0 Å². The van der Waals surface area contributed by atoms with E-state index in [1.165, 1.54) is 18.5 Å². The highest BCUT2D eigenvalue weighted by molar-refractivity contribution is 5.88. The van der Waals surface area contributed by atoms with E-state index in [0.29, 0.717) is 22.9 Å². The molecule has 3 N–H and O–H groups in total. The Morgan fingerprint density at radius 1 is 0.920 bits per heavy atom. The third kappa shape index (κ3) is 4.09. The number of nitrogens with zero attached hydrogens (tertiary/aromatic N) is 3. The lowest BCUT2D eigenvalue weighted by atomic mass is 10.2. The van der Waals surface area contributed by atoms with Gasteiger partial charge in [-0.1, -0.05) is 0 Å². The summed E-state index contributed by atoms with van der Waals surface area (Å²) < 4.78 is 0. The second-order valence-corrected chi connectivity index (χ2v) is 5.11. The van der Waals surface area contributed by atoms with E-state index in [-0.39, 0.29) is 5.56 Å². The van der Waals surface area contributed by atoms with Crippen LogP contribution in [-0.4, -0.2) is 21.0 Å².